The average Bonchev–Trinajstić information content (AvgIpc) is 3.23. The van der Waals surface area contributed by atoms with Crippen LogP contribution in [0.25, 0.3) is 22.4 Å². The van der Waals surface area contributed by atoms with E-state index in [0.717, 1.165) is 59.3 Å². The van der Waals surface area contributed by atoms with Crippen molar-refractivity contribution >= 4 is 28.3 Å². The summed E-state index contributed by atoms with van der Waals surface area (Å²) in [5.74, 6) is 0.910. The molecule has 5 nitrogen and oxygen atoms in total. The Morgan fingerprint density at radius 1 is 1.12 bits per heavy atom. The molecule has 1 aliphatic heterocycles. The summed E-state index contributed by atoms with van der Waals surface area (Å²) in [6, 6.07) is 17.1. The number of aromatic hydroxyl groups is 1. The van der Waals surface area contributed by atoms with Crippen LogP contribution in [0, 0.1) is 0 Å². The van der Waals surface area contributed by atoms with E-state index in [2.05, 4.69) is 24.1 Å². The number of carbonyl (C=O) groups excluding carboxylic acids is 1. The number of phenols is 1. The molecule has 0 aromatic heterocycles. The Hall–Kier alpha value is -3.31. The molecular weight excluding hydrogens is 400 g/mol. The van der Waals surface area contributed by atoms with Gasteiger partial charge in [-0.05, 0) is 67.2 Å². The van der Waals surface area contributed by atoms with Gasteiger partial charge in [-0.25, -0.2) is 0 Å². The van der Waals surface area contributed by atoms with E-state index in [9.17, 15) is 9.90 Å². The van der Waals surface area contributed by atoms with E-state index >= 15 is 0 Å². The Morgan fingerprint density at radius 3 is 2.75 bits per heavy atom. The number of phenolic OH excluding ortho intramolecular Hbond substituents is 1. The van der Waals surface area contributed by atoms with Crippen molar-refractivity contribution in [2.75, 3.05) is 32.8 Å². The molecule has 1 amide bonds. The number of hydrogen-bond donors (Lipinski definition) is 2. The Bertz CT molecular complexity index is 1150. The fraction of sp³-hybridized carbons (Fsp3) is 0.296. The molecule has 0 unspecified atom stereocenters. The third-order valence-corrected chi connectivity index (χ3v) is 6.07. The molecule has 0 aliphatic carbocycles. The number of nitrogens with one attached hydrogen (secondary N) is 1. The largest absolute Gasteiger partial charge is 0.507 e. The highest BCUT2D eigenvalue weighted by Gasteiger charge is 2.21. The number of fused-ring (bicyclic) bond motifs is 2. The molecule has 5 heteroatoms. The van der Waals surface area contributed by atoms with Gasteiger partial charge in [0.25, 0.3) is 5.91 Å². The summed E-state index contributed by atoms with van der Waals surface area (Å²) in [5, 5.41) is 15.6. The van der Waals surface area contributed by atoms with E-state index in [1.165, 1.54) is 0 Å². The van der Waals surface area contributed by atoms with Crippen molar-refractivity contribution in [1.82, 2.24) is 10.2 Å². The molecule has 4 rings (SSSR count). The number of amides is 1. The van der Waals surface area contributed by atoms with Crippen molar-refractivity contribution in [2.45, 2.75) is 20.3 Å². The second-order valence-electron chi connectivity index (χ2n) is 8.03. The van der Waals surface area contributed by atoms with Gasteiger partial charge in [-0.2, -0.15) is 0 Å². The summed E-state index contributed by atoms with van der Waals surface area (Å²) in [7, 11) is 0. The first-order valence-corrected chi connectivity index (χ1v) is 11.3. The molecule has 32 heavy (non-hydrogen) atoms. The molecule has 0 bridgehead atoms. The predicted molar refractivity (Wildman–Crippen MR) is 130 cm³/mol. The van der Waals surface area contributed by atoms with Gasteiger partial charge in [-0.1, -0.05) is 44.2 Å². The lowest BCUT2D eigenvalue weighted by Crippen LogP contribution is -2.29. The summed E-state index contributed by atoms with van der Waals surface area (Å²) < 4.78 is 5.83. The average molecular weight is 431 g/mol. The molecule has 0 saturated carbocycles. The molecule has 166 valence electrons. The molecular formula is C27H30N2O3. The molecule has 0 fully saturated rings. The van der Waals surface area contributed by atoms with Crippen LogP contribution < -0.4 is 10.1 Å². The lowest BCUT2D eigenvalue weighted by Gasteiger charge is -2.17. The predicted octanol–water partition coefficient (Wildman–Crippen LogP) is 4.94. The van der Waals surface area contributed by atoms with E-state index in [1.54, 1.807) is 12.1 Å². The second kappa shape index (κ2) is 9.88. The first kappa shape index (κ1) is 21.9. The van der Waals surface area contributed by atoms with Crippen LogP contribution in [0.5, 0.6) is 11.5 Å². The molecule has 1 heterocycles. The summed E-state index contributed by atoms with van der Waals surface area (Å²) >= 11 is 0. The summed E-state index contributed by atoms with van der Waals surface area (Å²) in [5.41, 5.74) is 3.22. The summed E-state index contributed by atoms with van der Waals surface area (Å²) in [6.45, 7) is 8.39. The van der Waals surface area contributed by atoms with Crippen LogP contribution in [0.15, 0.2) is 54.6 Å². The van der Waals surface area contributed by atoms with Gasteiger partial charge in [0, 0.05) is 28.8 Å². The van der Waals surface area contributed by atoms with E-state index in [-0.39, 0.29) is 11.7 Å². The Morgan fingerprint density at radius 2 is 1.94 bits per heavy atom. The van der Waals surface area contributed by atoms with E-state index in [0.29, 0.717) is 18.7 Å². The summed E-state index contributed by atoms with van der Waals surface area (Å²) in [4.78, 5) is 15.0. The first-order chi connectivity index (χ1) is 15.6. The van der Waals surface area contributed by atoms with Gasteiger partial charge in [-0.15, -0.1) is 0 Å². The quantitative estimate of drug-likeness (QED) is 0.497. The molecule has 3 aromatic rings. The van der Waals surface area contributed by atoms with Crippen molar-refractivity contribution in [2.24, 2.45) is 0 Å². The number of benzene rings is 3. The molecule has 2 N–H and O–H groups in total. The molecule has 0 saturated heterocycles. The molecule has 1 aliphatic rings. The van der Waals surface area contributed by atoms with Crippen LogP contribution in [-0.2, 0) is 0 Å². The highest BCUT2D eigenvalue weighted by Crippen LogP contribution is 2.38. The zero-order chi connectivity index (χ0) is 22.5. The Labute approximate surface area is 189 Å². The second-order valence-corrected chi connectivity index (χ2v) is 8.03. The molecule has 0 atom stereocenters. The number of hydrogen-bond acceptors (Lipinski definition) is 4. The highest BCUT2D eigenvalue weighted by atomic mass is 16.5. The maximum atomic E-state index is 12.7. The minimum Gasteiger partial charge on any atom is -0.507 e. The Kier molecular flexibility index (Phi) is 6.76. The van der Waals surface area contributed by atoms with Gasteiger partial charge >= 0.3 is 0 Å². The zero-order valence-electron chi connectivity index (χ0n) is 18.7. The van der Waals surface area contributed by atoms with Gasteiger partial charge in [0.1, 0.15) is 18.1 Å². The van der Waals surface area contributed by atoms with Crippen LogP contribution in [0.3, 0.4) is 0 Å². The molecule has 0 spiro atoms. The fourth-order valence-electron chi connectivity index (χ4n) is 4.16. The van der Waals surface area contributed by atoms with Crippen LogP contribution in [0.2, 0.25) is 0 Å². The van der Waals surface area contributed by atoms with Crippen molar-refractivity contribution in [3.05, 3.63) is 71.3 Å². The molecule has 3 aromatic carbocycles. The number of rotatable bonds is 8. The number of ether oxygens (including phenoxy) is 1. The topological polar surface area (TPSA) is 61.8 Å². The third-order valence-electron chi connectivity index (χ3n) is 6.07. The van der Waals surface area contributed by atoms with Gasteiger partial charge < -0.3 is 20.1 Å². The smallest absolute Gasteiger partial charge is 0.251 e. The third kappa shape index (κ3) is 4.63. The van der Waals surface area contributed by atoms with Crippen molar-refractivity contribution in [3.63, 3.8) is 0 Å². The normalized spacial score (nSPS) is 14.0. The molecule has 0 radical (unpaired) electrons. The lowest BCUT2D eigenvalue weighted by molar-refractivity contribution is 0.0952. The fourth-order valence-corrected chi connectivity index (χ4v) is 4.16. The zero-order valence-corrected chi connectivity index (χ0v) is 18.7. The first-order valence-electron chi connectivity index (χ1n) is 11.3. The maximum Gasteiger partial charge on any atom is 0.251 e. The number of carbonyl (C=O) groups is 1. The van der Waals surface area contributed by atoms with Gasteiger partial charge in [0.05, 0.1) is 0 Å². The Balaban J connectivity index is 1.53. The van der Waals surface area contributed by atoms with Gasteiger partial charge in [-0.3, -0.25) is 4.79 Å². The highest BCUT2D eigenvalue weighted by molar-refractivity contribution is 6.00. The van der Waals surface area contributed by atoms with E-state index < -0.39 is 0 Å². The SMILES string of the molecule is CCN(CC)CCCNC(=O)c1ccc2c(c1)/C(=C/c1c(O)ccc3ccccc13)CO2. The van der Waals surface area contributed by atoms with E-state index in [1.807, 2.05) is 48.5 Å². The monoisotopic (exact) mass is 430 g/mol. The van der Waals surface area contributed by atoms with Crippen LogP contribution in [0.4, 0.5) is 0 Å². The van der Waals surface area contributed by atoms with Crippen molar-refractivity contribution in [1.29, 1.82) is 0 Å². The van der Waals surface area contributed by atoms with Crippen LogP contribution in [0.1, 0.15) is 41.8 Å². The lowest BCUT2D eigenvalue weighted by atomic mass is 9.98. The summed E-state index contributed by atoms with van der Waals surface area (Å²) in [6.07, 6.45) is 2.89. The standard InChI is InChI=1S/C27H30N2O3/c1-3-29(4-2)15-7-14-28-27(31)20-11-13-26-23(16-20)21(18-32-26)17-24-22-9-6-5-8-19(22)10-12-25(24)30/h5-6,8-13,16-17,30H,3-4,7,14-15,18H2,1-2H3,(H,28,31)/b21-17+. The van der Waals surface area contributed by atoms with Gasteiger partial charge in [0.15, 0.2) is 0 Å². The van der Waals surface area contributed by atoms with Crippen LogP contribution >= 0.6 is 0 Å². The maximum absolute atomic E-state index is 12.7. The van der Waals surface area contributed by atoms with Crippen molar-refractivity contribution in [3.8, 4) is 11.5 Å². The minimum atomic E-state index is -0.0772. The number of nitrogens with zero attached hydrogens (tertiary/aromatic N) is 1. The minimum absolute atomic E-state index is 0.0772. The van der Waals surface area contributed by atoms with Gasteiger partial charge in [0.2, 0.25) is 0 Å². The van der Waals surface area contributed by atoms with Crippen LogP contribution in [-0.4, -0.2) is 48.7 Å². The van der Waals surface area contributed by atoms with Crippen molar-refractivity contribution < 1.29 is 14.6 Å². The van der Waals surface area contributed by atoms with E-state index in [4.69, 9.17) is 4.74 Å².